The summed E-state index contributed by atoms with van der Waals surface area (Å²) in [6, 6.07) is 4.08. The van der Waals surface area contributed by atoms with Crippen LogP contribution in [0.1, 0.15) is 12.1 Å². The van der Waals surface area contributed by atoms with E-state index in [1.54, 1.807) is 12.1 Å². The molecule has 122 valence electrons. The van der Waals surface area contributed by atoms with Gasteiger partial charge in [-0.3, -0.25) is 4.98 Å². The Bertz CT molecular complexity index is 658. The zero-order valence-corrected chi connectivity index (χ0v) is 12.2. The van der Waals surface area contributed by atoms with E-state index in [-0.39, 0.29) is 17.6 Å². The van der Waals surface area contributed by atoms with Crippen molar-refractivity contribution in [3.8, 4) is 11.4 Å². The molecule has 0 aromatic carbocycles. The number of rotatable bonds is 4. The summed E-state index contributed by atoms with van der Waals surface area (Å²) in [4.78, 5) is 11.7. The molecule has 3 rings (SSSR count). The molecular weight excluding hydrogens is 309 g/mol. The van der Waals surface area contributed by atoms with Gasteiger partial charge in [-0.15, -0.1) is 0 Å². The maximum absolute atomic E-state index is 13.1. The predicted molar refractivity (Wildman–Crippen MR) is 77.7 cm³/mol. The Hall–Kier alpha value is -2.22. The van der Waals surface area contributed by atoms with Crippen molar-refractivity contribution in [2.24, 2.45) is 5.92 Å². The van der Waals surface area contributed by atoms with Crippen molar-refractivity contribution in [2.45, 2.75) is 12.6 Å². The number of anilines is 1. The van der Waals surface area contributed by atoms with Crippen LogP contribution in [-0.4, -0.2) is 34.7 Å². The predicted octanol–water partition coefficient (Wildman–Crippen LogP) is 3.01. The number of nitrogens with one attached hydrogen (secondary N) is 1. The molecule has 0 bridgehead atoms. The van der Waals surface area contributed by atoms with Crippen molar-refractivity contribution < 1.29 is 17.9 Å². The molecular formula is C15H15F3N4O. The first kappa shape index (κ1) is 15.7. The zero-order chi connectivity index (χ0) is 16.3. The van der Waals surface area contributed by atoms with E-state index < -0.39 is 11.9 Å². The summed E-state index contributed by atoms with van der Waals surface area (Å²) in [5.74, 6) is 0.460. The first-order valence-electron chi connectivity index (χ1n) is 7.20. The molecule has 3 heterocycles. The molecule has 0 spiro atoms. The molecule has 5 nitrogen and oxygen atoms in total. The maximum atomic E-state index is 13.1. The number of nitrogens with zero attached hydrogens (tertiary/aromatic N) is 3. The number of alkyl halides is 3. The van der Waals surface area contributed by atoms with Gasteiger partial charge in [0.2, 0.25) is 0 Å². The van der Waals surface area contributed by atoms with Gasteiger partial charge in [-0.2, -0.15) is 13.2 Å². The monoisotopic (exact) mass is 324 g/mol. The van der Waals surface area contributed by atoms with Crippen molar-refractivity contribution >= 4 is 5.82 Å². The molecule has 1 fully saturated rings. The van der Waals surface area contributed by atoms with Gasteiger partial charge >= 0.3 is 6.18 Å². The Balaban J connectivity index is 1.88. The largest absolute Gasteiger partial charge is 0.433 e. The van der Waals surface area contributed by atoms with E-state index in [9.17, 15) is 13.2 Å². The highest BCUT2D eigenvalue weighted by atomic mass is 19.4. The molecule has 1 N–H and O–H groups in total. The minimum absolute atomic E-state index is 0.0207. The molecule has 1 aliphatic rings. The van der Waals surface area contributed by atoms with Gasteiger partial charge in [0.05, 0.1) is 6.61 Å². The number of pyridine rings is 1. The summed E-state index contributed by atoms with van der Waals surface area (Å²) >= 11 is 0. The summed E-state index contributed by atoms with van der Waals surface area (Å²) in [6.07, 6.45) is -0.664. The van der Waals surface area contributed by atoms with Gasteiger partial charge in [0, 0.05) is 43.1 Å². The molecule has 1 unspecified atom stereocenters. The number of halogens is 3. The quantitative estimate of drug-likeness (QED) is 0.937. The lowest BCUT2D eigenvalue weighted by Crippen LogP contribution is -2.17. The Labute approximate surface area is 130 Å². The summed E-state index contributed by atoms with van der Waals surface area (Å²) in [5.41, 5.74) is -0.483. The number of ether oxygens (including phenoxy) is 1. The van der Waals surface area contributed by atoms with E-state index in [2.05, 4.69) is 20.3 Å². The molecule has 2 aromatic rings. The van der Waals surface area contributed by atoms with E-state index in [4.69, 9.17) is 4.74 Å². The fraction of sp³-hybridized carbons (Fsp3) is 0.400. The van der Waals surface area contributed by atoms with Crippen LogP contribution in [-0.2, 0) is 10.9 Å². The topological polar surface area (TPSA) is 59.9 Å². The second-order valence-electron chi connectivity index (χ2n) is 5.31. The molecule has 1 atom stereocenters. The van der Waals surface area contributed by atoms with Gasteiger partial charge in [-0.1, -0.05) is 0 Å². The minimum atomic E-state index is -4.53. The van der Waals surface area contributed by atoms with Crippen molar-refractivity contribution in [3.05, 3.63) is 36.3 Å². The lowest BCUT2D eigenvalue weighted by Gasteiger charge is -2.13. The summed E-state index contributed by atoms with van der Waals surface area (Å²) in [5, 5.41) is 2.96. The normalized spacial score (nSPS) is 18.1. The number of hydrogen-bond acceptors (Lipinski definition) is 5. The second kappa shape index (κ2) is 6.49. The van der Waals surface area contributed by atoms with Crippen LogP contribution in [0.15, 0.2) is 30.6 Å². The molecule has 1 saturated heterocycles. The third-order valence-electron chi connectivity index (χ3n) is 3.55. The van der Waals surface area contributed by atoms with Crippen molar-refractivity contribution in [2.75, 3.05) is 25.1 Å². The van der Waals surface area contributed by atoms with Gasteiger partial charge in [-0.05, 0) is 18.6 Å². The van der Waals surface area contributed by atoms with Gasteiger partial charge in [0.15, 0.2) is 11.5 Å². The molecule has 1 aliphatic heterocycles. The van der Waals surface area contributed by atoms with E-state index in [0.717, 1.165) is 12.5 Å². The van der Waals surface area contributed by atoms with Crippen LogP contribution in [0.2, 0.25) is 0 Å². The van der Waals surface area contributed by atoms with Crippen LogP contribution >= 0.6 is 0 Å². The number of aromatic nitrogens is 3. The van der Waals surface area contributed by atoms with E-state index in [1.165, 1.54) is 12.4 Å². The molecule has 23 heavy (non-hydrogen) atoms. The third kappa shape index (κ3) is 3.95. The lowest BCUT2D eigenvalue weighted by molar-refractivity contribution is -0.141. The minimum Gasteiger partial charge on any atom is -0.381 e. The average molecular weight is 324 g/mol. The highest BCUT2D eigenvalue weighted by molar-refractivity contribution is 5.57. The molecule has 0 saturated carbocycles. The highest BCUT2D eigenvalue weighted by Crippen LogP contribution is 2.30. The Morgan fingerprint density at radius 2 is 2.00 bits per heavy atom. The first-order chi connectivity index (χ1) is 11.0. The van der Waals surface area contributed by atoms with E-state index in [1.807, 2.05) is 0 Å². The highest BCUT2D eigenvalue weighted by Gasteiger charge is 2.34. The van der Waals surface area contributed by atoms with Crippen LogP contribution in [0, 0.1) is 5.92 Å². The van der Waals surface area contributed by atoms with Crippen molar-refractivity contribution in [1.29, 1.82) is 0 Å². The van der Waals surface area contributed by atoms with Crippen LogP contribution in [0.25, 0.3) is 11.4 Å². The summed E-state index contributed by atoms with van der Waals surface area (Å²) in [6.45, 7) is 1.82. The molecule has 0 amide bonds. The Kier molecular flexibility index (Phi) is 4.42. The van der Waals surface area contributed by atoms with Gasteiger partial charge < -0.3 is 10.1 Å². The Morgan fingerprint density at radius 3 is 2.65 bits per heavy atom. The van der Waals surface area contributed by atoms with Gasteiger partial charge in [-0.25, -0.2) is 9.97 Å². The summed E-state index contributed by atoms with van der Waals surface area (Å²) in [7, 11) is 0. The fourth-order valence-electron chi connectivity index (χ4n) is 2.31. The fourth-order valence-corrected chi connectivity index (χ4v) is 2.31. The maximum Gasteiger partial charge on any atom is 0.433 e. The first-order valence-corrected chi connectivity index (χ1v) is 7.20. The lowest BCUT2D eigenvalue weighted by atomic mass is 10.1. The molecule has 0 aliphatic carbocycles. The third-order valence-corrected chi connectivity index (χ3v) is 3.55. The number of hydrogen-bond donors (Lipinski definition) is 1. The van der Waals surface area contributed by atoms with E-state index >= 15 is 0 Å². The second-order valence-corrected chi connectivity index (χ2v) is 5.31. The van der Waals surface area contributed by atoms with Crippen LogP contribution in [0.4, 0.5) is 19.0 Å². The molecule has 8 heteroatoms. The Morgan fingerprint density at radius 1 is 1.22 bits per heavy atom. The van der Waals surface area contributed by atoms with Crippen LogP contribution < -0.4 is 5.32 Å². The van der Waals surface area contributed by atoms with Crippen molar-refractivity contribution in [3.63, 3.8) is 0 Å². The molecule has 2 aromatic heterocycles. The average Bonchev–Trinajstić information content (AvgIpc) is 3.06. The smallest absolute Gasteiger partial charge is 0.381 e. The zero-order valence-electron chi connectivity index (χ0n) is 12.2. The van der Waals surface area contributed by atoms with Crippen LogP contribution in [0.5, 0.6) is 0 Å². The standard InChI is InChI=1S/C15H15F3N4O/c16-15(17,18)12-7-13(20-8-10-3-6-23-9-10)22-14(21-12)11-1-4-19-5-2-11/h1-2,4-5,7,10H,3,6,8-9H2,(H,20,21,22). The SMILES string of the molecule is FC(F)(F)c1cc(NCC2CCOC2)nc(-c2ccncc2)n1. The van der Waals surface area contributed by atoms with Crippen LogP contribution in [0.3, 0.4) is 0 Å². The van der Waals surface area contributed by atoms with E-state index in [0.29, 0.717) is 25.3 Å². The van der Waals surface area contributed by atoms with Gasteiger partial charge in [0.1, 0.15) is 5.82 Å². The summed E-state index contributed by atoms with van der Waals surface area (Å²) < 4.78 is 44.4. The van der Waals surface area contributed by atoms with Gasteiger partial charge in [0.25, 0.3) is 0 Å². The molecule has 0 radical (unpaired) electrons. The van der Waals surface area contributed by atoms with Crippen molar-refractivity contribution in [1.82, 2.24) is 15.0 Å².